The number of carbonyl (C=O) groups excluding carboxylic acids is 3. The minimum absolute atomic E-state index is 0.0133. The van der Waals surface area contributed by atoms with Crippen LogP contribution in [0.25, 0.3) is 6.08 Å². The Bertz CT molecular complexity index is 1510. The molecule has 0 radical (unpaired) electrons. The van der Waals surface area contributed by atoms with Gasteiger partial charge >= 0.3 is 6.03 Å². The molecule has 0 bridgehead atoms. The van der Waals surface area contributed by atoms with Crippen LogP contribution >= 0.6 is 0 Å². The Balaban J connectivity index is 1.51. The summed E-state index contributed by atoms with van der Waals surface area (Å²) in [6.45, 7) is -0.0133. The topological polar surface area (TPSA) is 76.2 Å². The second-order valence-corrected chi connectivity index (χ2v) is 8.58. The molecule has 1 saturated heterocycles. The molecule has 8 heteroatoms. The van der Waals surface area contributed by atoms with Gasteiger partial charge in [-0.05, 0) is 54.1 Å². The molecule has 194 valence electrons. The number of hydrogen-bond donors (Lipinski definition) is 0. The lowest BCUT2D eigenvalue weighted by Gasteiger charge is -2.33. The number of barbiturate groups is 1. The van der Waals surface area contributed by atoms with Crippen molar-refractivity contribution in [3.05, 3.63) is 126 Å². The minimum atomic E-state index is -0.769. The lowest BCUT2D eigenvalue weighted by molar-refractivity contribution is -0.121. The smallest absolute Gasteiger partial charge is 0.343 e. The van der Waals surface area contributed by atoms with E-state index in [0.29, 0.717) is 34.0 Å². The van der Waals surface area contributed by atoms with Gasteiger partial charge in [0.25, 0.3) is 11.8 Å². The molecule has 4 aromatic carbocycles. The van der Waals surface area contributed by atoms with Crippen molar-refractivity contribution in [3.63, 3.8) is 0 Å². The van der Waals surface area contributed by atoms with Gasteiger partial charge in [0.2, 0.25) is 0 Å². The normalized spacial score (nSPS) is 13.5. The van der Waals surface area contributed by atoms with E-state index >= 15 is 0 Å². The summed E-state index contributed by atoms with van der Waals surface area (Å²) in [6.07, 6.45) is 1.41. The zero-order valence-electron chi connectivity index (χ0n) is 20.9. The summed E-state index contributed by atoms with van der Waals surface area (Å²) in [5, 5.41) is 0. The SMILES string of the molecule is COc1cc(C=C2C(=O)N(c3ccccc3)C(=O)N(c3ccccc3)C2=O)ccc1OCc1ccccc1F. The van der Waals surface area contributed by atoms with Crippen LogP contribution in [0.15, 0.2) is 109 Å². The molecule has 0 saturated carbocycles. The van der Waals surface area contributed by atoms with E-state index in [4.69, 9.17) is 9.47 Å². The molecule has 1 heterocycles. The molecule has 0 aliphatic carbocycles. The van der Waals surface area contributed by atoms with E-state index in [0.717, 1.165) is 9.80 Å². The third-order valence-corrected chi connectivity index (χ3v) is 6.12. The number of halogens is 1. The van der Waals surface area contributed by atoms with E-state index in [9.17, 15) is 18.8 Å². The van der Waals surface area contributed by atoms with Crippen LogP contribution in [0.2, 0.25) is 0 Å². The first-order valence-electron chi connectivity index (χ1n) is 12.1. The molecule has 39 heavy (non-hydrogen) atoms. The number of benzene rings is 4. The van der Waals surface area contributed by atoms with Crippen LogP contribution in [0, 0.1) is 5.82 Å². The maximum absolute atomic E-state index is 14.0. The Hall–Kier alpha value is -5.24. The molecule has 0 spiro atoms. The molecule has 1 aliphatic heterocycles. The molecular formula is C31H23FN2O5. The molecule has 0 N–H and O–H groups in total. The quantitative estimate of drug-likeness (QED) is 0.220. The maximum Gasteiger partial charge on any atom is 0.343 e. The molecule has 0 unspecified atom stereocenters. The number of nitrogens with zero attached hydrogens (tertiary/aromatic N) is 2. The fourth-order valence-electron chi connectivity index (χ4n) is 4.17. The van der Waals surface area contributed by atoms with Crippen LogP contribution in [0.3, 0.4) is 0 Å². The maximum atomic E-state index is 14.0. The number of anilines is 2. The van der Waals surface area contributed by atoms with E-state index in [-0.39, 0.29) is 18.0 Å². The second-order valence-electron chi connectivity index (χ2n) is 8.58. The first-order chi connectivity index (χ1) is 19.0. The van der Waals surface area contributed by atoms with Crippen LogP contribution in [0.1, 0.15) is 11.1 Å². The van der Waals surface area contributed by atoms with Gasteiger partial charge in [-0.25, -0.2) is 19.0 Å². The Morgan fingerprint density at radius 1 is 0.718 bits per heavy atom. The molecule has 4 aromatic rings. The molecule has 5 rings (SSSR count). The number of para-hydroxylation sites is 2. The Kier molecular flexibility index (Phi) is 7.18. The summed E-state index contributed by atoms with van der Waals surface area (Å²) in [5.74, 6) is -1.19. The van der Waals surface area contributed by atoms with Gasteiger partial charge in [0.15, 0.2) is 11.5 Å². The van der Waals surface area contributed by atoms with Crippen molar-refractivity contribution in [2.24, 2.45) is 0 Å². The van der Waals surface area contributed by atoms with E-state index in [2.05, 4.69) is 0 Å². The average molecular weight is 523 g/mol. The molecule has 1 aliphatic rings. The van der Waals surface area contributed by atoms with Crippen LogP contribution in [-0.2, 0) is 16.2 Å². The summed E-state index contributed by atoms with van der Waals surface area (Å²) >= 11 is 0. The van der Waals surface area contributed by atoms with Gasteiger partial charge < -0.3 is 9.47 Å². The van der Waals surface area contributed by atoms with E-state index in [1.807, 2.05) is 0 Å². The molecular weight excluding hydrogens is 499 g/mol. The zero-order valence-corrected chi connectivity index (χ0v) is 20.9. The van der Waals surface area contributed by atoms with Crippen molar-refractivity contribution < 1.29 is 28.2 Å². The fraction of sp³-hybridized carbons (Fsp3) is 0.0645. The molecule has 0 aromatic heterocycles. The monoisotopic (exact) mass is 522 g/mol. The Morgan fingerprint density at radius 3 is 1.85 bits per heavy atom. The first-order valence-corrected chi connectivity index (χ1v) is 12.1. The van der Waals surface area contributed by atoms with Gasteiger partial charge in [-0.2, -0.15) is 0 Å². The fourth-order valence-corrected chi connectivity index (χ4v) is 4.17. The van der Waals surface area contributed by atoms with Crippen LogP contribution in [0.4, 0.5) is 20.6 Å². The zero-order chi connectivity index (χ0) is 27.4. The van der Waals surface area contributed by atoms with Crippen LogP contribution in [0.5, 0.6) is 11.5 Å². The van der Waals surface area contributed by atoms with Crippen LogP contribution in [-0.4, -0.2) is 25.0 Å². The van der Waals surface area contributed by atoms with Gasteiger partial charge in [-0.3, -0.25) is 9.59 Å². The number of ether oxygens (including phenoxy) is 2. The van der Waals surface area contributed by atoms with Crippen molar-refractivity contribution in [1.82, 2.24) is 0 Å². The number of urea groups is 1. The van der Waals surface area contributed by atoms with Gasteiger partial charge in [0.05, 0.1) is 18.5 Å². The van der Waals surface area contributed by atoms with Crippen molar-refractivity contribution >= 4 is 35.3 Å². The summed E-state index contributed by atoms with van der Waals surface area (Å²) in [7, 11) is 1.45. The highest BCUT2D eigenvalue weighted by Crippen LogP contribution is 2.33. The number of rotatable bonds is 7. The highest BCUT2D eigenvalue weighted by Gasteiger charge is 2.43. The third-order valence-electron chi connectivity index (χ3n) is 6.12. The summed E-state index contributed by atoms with van der Waals surface area (Å²) in [4.78, 5) is 42.5. The number of methoxy groups -OCH3 is 1. The van der Waals surface area contributed by atoms with Gasteiger partial charge in [-0.15, -0.1) is 0 Å². The highest BCUT2D eigenvalue weighted by molar-refractivity contribution is 6.46. The van der Waals surface area contributed by atoms with Crippen molar-refractivity contribution in [2.75, 3.05) is 16.9 Å². The summed E-state index contributed by atoms with van der Waals surface area (Å²) in [6, 6.07) is 27.2. The Morgan fingerprint density at radius 2 is 1.28 bits per heavy atom. The van der Waals surface area contributed by atoms with E-state index < -0.39 is 17.8 Å². The molecule has 0 atom stereocenters. The first kappa shape index (κ1) is 25.4. The van der Waals surface area contributed by atoms with Crippen molar-refractivity contribution in [3.8, 4) is 11.5 Å². The van der Waals surface area contributed by atoms with E-state index in [1.54, 1.807) is 97.1 Å². The largest absolute Gasteiger partial charge is 0.493 e. The standard InChI is InChI=1S/C31H23FN2O5/c1-38-28-19-21(16-17-27(28)39-20-22-10-8-9-15-26(22)32)18-25-29(35)33(23-11-4-2-5-12-23)31(37)34(30(25)36)24-13-6-3-7-14-24/h2-19H,20H2,1H3. The highest BCUT2D eigenvalue weighted by atomic mass is 19.1. The van der Waals surface area contributed by atoms with Gasteiger partial charge in [0.1, 0.15) is 18.0 Å². The summed E-state index contributed by atoms with van der Waals surface area (Å²) in [5.41, 5.74) is 1.32. The Labute approximate surface area is 224 Å². The number of hydrogen-bond acceptors (Lipinski definition) is 5. The third kappa shape index (κ3) is 5.13. The second kappa shape index (κ2) is 11.0. The van der Waals surface area contributed by atoms with Gasteiger partial charge in [-0.1, -0.05) is 60.7 Å². The van der Waals surface area contributed by atoms with Crippen LogP contribution < -0.4 is 19.3 Å². The molecule has 1 fully saturated rings. The lowest BCUT2D eigenvalue weighted by Crippen LogP contribution is -2.57. The average Bonchev–Trinajstić information content (AvgIpc) is 2.96. The van der Waals surface area contributed by atoms with Crippen molar-refractivity contribution in [1.29, 1.82) is 0 Å². The van der Waals surface area contributed by atoms with Gasteiger partial charge in [0, 0.05) is 5.56 Å². The minimum Gasteiger partial charge on any atom is -0.493 e. The lowest BCUT2D eigenvalue weighted by atomic mass is 10.0. The summed E-state index contributed by atoms with van der Waals surface area (Å²) < 4.78 is 25.2. The predicted octanol–water partition coefficient (Wildman–Crippen LogP) is 6.00. The number of imide groups is 2. The van der Waals surface area contributed by atoms with Crippen molar-refractivity contribution in [2.45, 2.75) is 6.61 Å². The molecule has 4 amide bonds. The number of amides is 4. The predicted molar refractivity (Wildman–Crippen MR) is 145 cm³/mol. The number of carbonyl (C=O) groups is 3. The molecule has 7 nitrogen and oxygen atoms in total. The van der Waals surface area contributed by atoms with E-state index in [1.165, 1.54) is 19.3 Å².